The summed E-state index contributed by atoms with van der Waals surface area (Å²) in [5, 5.41) is 0. The van der Waals surface area contributed by atoms with Gasteiger partial charge in [-0.05, 0) is 39.3 Å². The zero-order valence-corrected chi connectivity index (χ0v) is 8.92. The van der Waals surface area contributed by atoms with E-state index >= 15 is 0 Å². The third kappa shape index (κ3) is 3.92. The number of hydrogen-bond donors (Lipinski definition) is 1. The van der Waals surface area contributed by atoms with Gasteiger partial charge in [-0.2, -0.15) is 0 Å². The highest BCUT2D eigenvalue weighted by molar-refractivity contribution is 5.07. The number of piperidine rings is 1. The first-order valence-electron chi connectivity index (χ1n) is 5.38. The molecule has 2 heteroatoms. The summed E-state index contributed by atoms with van der Waals surface area (Å²) in [6.07, 6.45) is 5.97. The van der Waals surface area contributed by atoms with Crippen LogP contribution < -0.4 is 5.73 Å². The maximum absolute atomic E-state index is 5.72. The Morgan fingerprint density at radius 2 is 2.38 bits per heavy atom. The highest BCUT2D eigenvalue weighted by Crippen LogP contribution is 2.15. The molecule has 1 unspecified atom stereocenters. The van der Waals surface area contributed by atoms with Crippen molar-refractivity contribution < 1.29 is 0 Å². The summed E-state index contributed by atoms with van der Waals surface area (Å²) in [5.74, 6) is 0. The van der Waals surface area contributed by atoms with Crippen LogP contribution in [0.15, 0.2) is 11.6 Å². The van der Waals surface area contributed by atoms with Crippen molar-refractivity contribution in [1.29, 1.82) is 0 Å². The van der Waals surface area contributed by atoms with Crippen LogP contribution in [0, 0.1) is 0 Å². The lowest BCUT2D eigenvalue weighted by atomic mass is 10.0. The Bertz CT molecular complexity index is 173. The molecule has 1 atom stereocenters. The summed E-state index contributed by atoms with van der Waals surface area (Å²) in [6, 6.07) is 0.310. The van der Waals surface area contributed by atoms with Gasteiger partial charge in [0.25, 0.3) is 0 Å². The van der Waals surface area contributed by atoms with Gasteiger partial charge in [-0.25, -0.2) is 0 Å². The minimum Gasteiger partial charge on any atom is -0.328 e. The van der Waals surface area contributed by atoms with Gasteiger partial charge in [0.05, 0.1) is 0 Å². The maximum atomic E-state index is 5.72. The second-order valence-corrected chi connectivity index (χ2v) is 4.05. The average molecular weight is 182 g/mol. The number of rotatable bonds is 3. The second kappa shape index (κ2) is 5.40. The lowest BCUT2D eigenvalue weighted by molar-refractivity contribution is 0.279. The summed E-state index contributed by atoms with van der Waals surface area (Å²) in [6.45, 7) is 7.91. The summed E-state index contributed by atoms with van der Waals surface area (Å²) < 4.78 is 0. The van der Waals surface area contributed by atoms with E-state index in [9.17, 15) is 0 Å². The van der Waals surface area contributed by atoms with Gasteiger partial charge in [0, 0.05) is 12.6 Å². The molecule has 2 nitrogen and oxygen atoms in total. The largest absolute Gasteiger partial charge is 0.328 e. The topological polar surface area (TPSA) is 29.3 Å². The molecule has 0 aromatic heterocycles. The highest BCUT2D eigenvalue weighted by atomic mass is 15.1. The molecule has 0 amide bonds. The Morgan fingerprint density at radius 3 is 3.00 bits per heavy atom. The number of nitrogens with zero attached hydrogens (tertiary/aromatic N) is 1. The molecule has 1 aliphatic rings. The van der Waals surface area contributed by atoms with Crippen molar-refractivity contribution in [1.82, 2.24) is 4.90 Å². The summed E-state index contributed by atoms with van der Waals surface area (Å²) in [7, 11) is 0. The fourth-order valence-electron chi connectivity index (χ4n) is 1.76. The van der Waals surface area contributed by atoms with Gasteiger partial charge in [-0.1, -0.05) is 18.6 Å². The first-order chi connectivity index (χ1) is 6.22. The van der Waals surface area contributed by atoms with Crippen molar-refractivity contribution in [2.75, 3.05) is 19.6 Å². The van der Waals surface area contributed by atoms with Crippen molar-refractivity contribution in [3.63, 3.8) is 0 Å². The molecule has 1 saturated heterocycles. The first-order valence-corrected chi connectivity index (χ1v) is 5.38. The standard InChI is InChI=1S/C11H22N2/c1-3-13-8-4-5-11(9-13)7-6-10(2)12/h7,10H,3-6,8-9,12H2,1-2H3/b11-7+. The van der Waals surface area contributed by atoms with E-state index in [1.54, 1.807) is 5.57 Å². The van der Waals surface area contributed by atoms with Crippen LogP contribution in [0.3, 0.4) is 0 Å². The van der Waals surface area contributed by atoms with Gasteiger partial charge in [0.1, 0.15) is 0 Å². The van der Waals surface area contributed by atoms with Gasteiger partial charge in [0.15, 0.2) is 0 Å². The Balaban J connectivity index is 2.36. The SMILES string of the molecule is CCN1CCC/C(=C\CC(C)N)C1. The Hall–Kier alpha value is -0.340. The number of nitrogens with two attached hydrogens (primary N) is 1. The van der Waals surface area contributed by atoms with Crippen LogP contribution in [-0.2, 0) is 0 Å². The molecule has 0 aromatic rings. The Labute approximate surface area is 81.8 Å². The first kappa shape index (κ1) is 10.7. The van der Waals surface area contributed by atoms with Gasteiger partial charge in [-0.15, -0.1) is 0 Å². The molecule has 1 rings (SSSR count). The molecule has 0 saturated carbocycles. The normalized spacial score (nSPS) is 25.0. The van der Waals surface area contributed by atoms with Crippen LogP contribution >= 0.6 is 0 Å². The fourth-order valence-corrected chi connectivity index (χ4v) is 1.76. The maximum Gasteiger partial charge on any atom is 0.0192 e. The van der Waals surface area contributed by atoms with E-state index in [1.165, 1.54) is 32.5 Å². The van der Waals surface area contributed by atoms with Crippen LogP contribution in [0.25, 0.3) is 0 Å². The van der Waals surface area contributed by atoms with Gasteiger partial charge < -0.3 is 5.73 Å². The molecule has 13 heavy (non-hydrogen) atoms. The Kier molecular flexibility index (Phi) is 4.46. The summed E-state index contributed by atoms with van der Waals surface area (Å²) in [5.41, 5.74) is 7.31. The molecule has 1 heterocycles. The average Bonchev–Trinajstić information content (AvgIpc) is 2.15. The molecular weight excluding hydrogens is 160 g/mol. The Morgan fingerprint density at radius 1 is 1.62 bits per heavy atom. The van der Waals surface area contributed by atoms with Crippen LogP contribution in [0.4, 0.5) is 0 Å². The molecule has 1 fully saturated rings. The van der Waals surface area contributed by atoms with E-state index in [4.69, 9.17) is 5.73 Å². The number of likely N-dealkylation sites (tertiary alicyclic amines) is 1. The molecule has 0 aliphatic carbocycles. The molecule has 2 N–H and O–H groups in total. The van der Waals surface area contributed by atoms with E-state index in [-0.39, 0.29) is 0 Å². The smallest absolute Gasteiger partial charge is 0.0192 e. The summed E-state index contributed by atoms with van der Waals surface area (Å²) in [4.78, 5) is 2.50. The highest BCUT2D eigenvalue weighted by Gasteiger charge is 2.11. The van der Waals surface area contributed by atoms with Gasteiger partial charge in [0.2, 0.25) is 0 Å². The van der Waals surface area contributed by atoms with Crippen molar-refractivity contribution in [3.05, 3.63) is 11.6 Å². The van der Waals surface area contributed by atoms with Crippen LogP contribution in [0.2, 0.25) is 0 Å². The zero-order chi connectivity index (χ0) is 9.68. The monoisotopic (exact) mass is 182 g/mol. The second-order valence-electron chi connectivity index (χ2n) is 4.05. The van der Waals surface area contributed by atoms with Crippen molar-refractivity contribution in [2.45, 2.75) is 39.2 Å². The van der Waals surface area contributed by atoms with E-state index in [1.807, 2.05) is 0 Å². The van der Waals surface area contributed by atoms with E-state index in [0.717, 1.165) is 6.42 Å². The van der Waals surface area contributed by atoms with Gasteiger partial charge in [-0.3, -0.25) is 4.90 Å². The third-order valence-electron chi connectivity index (χ3n) is 2.62. The number of likely N-dealkylation sites (N-methyl/N-ethyl adjacent to an activating group) is 1. The summed E-state index contributed by atoms with van der Waals surface area (Å²) >= 11 is 0. The lowest BCUT2D eigenvalue weighted by Crippen LogP contribution is -2.31. The molecule has 0 spiro atoms. The van der Waals surface area contributed by atoms with Crippen LogP contribution in [0.1, 0.15) is 33.1 Å². The van der Waals surface area contributed by atoms with Crippen molar-refractivity contribution in [2.24, 2.45) is 5.73 Å². The molecule has 0 radical (unpaired) electrons. The lowest BCUT2D eigenvalue weighted by Gasteiger charge is -2.27. The molecule has 76 valence electrons. The van der Waals surface area contributed by atoms with E-state index < -0.39 is 0 Å². The molecule has 0 aromatic carbocycles. The van der Waals surface area contributed by atoms with Crippen LogP contribution in [-0.4, -0.2) is 30.6 Å². The fraction of sp³-hybridized carbons (Fsp3) is 0.818. The minimum atomic E-state index is 0.310. The third-order valence-corrected chi connectivity index (χ3v) is 2.62. The number of hydrogen-bond acceptors (Lipinski definition) is 2. The van der Waals surface area contributed by atoms with Crippen LogP contribution in [0.5, 0.6) is 0 Å². The van der Waals surface area contributed by atoms with Gasteiger partial charge >= 0.3 is 0 Å². The minimum absolute atomic E-state index is 0.310. The van der Waals surface area contributed by atoms with Crippen molar-refractivity contribution in [3.8, 4) is 0 Å². The zero-order valence-electron chi connectivity index (χ0n) is 8.92. The molecule has 1 aliphatic heterocycles. The van der Waals surface area contributed by atoms with E-state index in [0.29, 0.717) is 6.04 Å². The molecular formula is C11H22N2. The molecule has 0 bridgehead atoms. The van der Waals surface area contributed by atoms with E-state index in [2.05, 4.69) is 24.8 Å². The van der Waals surface area contributed by atoms with Crippen molar-refractivity contribution >= 4 is 0 Å². The quantitative estimate of drug-likeness (QED) is 0.674. The predicted molar refractivity (Wildman–Crippen MR) is 57.7 cm³/mol. The predicted octanol–water partition coefficient (Wildman–Crippen LogP) is 1.77.